The van der Waals surface area contributed by atoms with Crippen molar-refractivity contribution in [2.75, 3.05) is 0 Å². The topological polar surface area (TPSA) is 17.8 Å². The lowest BCUT2D eigenvalue weighted by Gasteiger charge is -2.06. The number of aryl methyl sites for hydroxylation is 1. The fraction of sp³-hybridized carbons (Fsp3) is 0.625. The molecular formula is C8H14N2. The van der Waals surface area contributed by atoms with E-state index in [2.05, 4.69) is 5.10 Å². The van der Waals surface area contributed by atoms with E-state index in [1.54, 1.807) is 6.07 Å². The number of hydrogen-bond acceptors (Lipinski definition) is 1. The number of aromatic nitrogens is 2. The van der Waals surface area contributed by atoms with Crippen molar-refractivity contribution in [2.45, 2.75) is 33.1 Å². The molecule has 0 aliphatic carbocycles. The molecule has 0 saturated heterocycles. The lowest BCUT2D eigenvalue weighted by atomic mass is 10.1. The van der Waals surface area contributed by atoms with Crippen LogP contribution in [0.5, 0.6) is 0 Å². The van der Waals surface area contributed by atoms with Crippen molar-refractivity contribution in [1.29, 1.82) is 0 Å². The summed E-state index contributed by atoms with van der Waals surface area (Å²) in [6.07, 6.45) is 1.42. The quantitative estimate of drug-likeness (QED) is 0.619. The highest BCUT2D eigenvalue weighted by Crippen LogP contribution is 2.12. The van der Waals surface area contributed by atoms with E-state index >= 15 is 0 Å². The zero-order chi connectivity index (χ0) is 11.9. The van der Waals surface area contributed by atoms with E-state index in [-0.39, 0.29) is 5.92 Å². The smallest absolute Gasteiger partial charge is 0.0513 e. The Morgan fingerprint density at radius 2 is 2.70 bits per heavy atom. The molecule has 10 heavy (non-hydrogen) atoms. The molecule has 0 aliphatic rings. The predicted molar refractivity (Wildman–Crippen MR) is 42.0 cm³/mol. The minimum atomic E-state index is -2.72. The predicted octanol–water partition coefficient (Wildman–Crippen LogP) is 2.03. The molecule has 2 nitrogen and oxygen atoms in total. The van der Waals surface area contributed by atoms with Gasteiger partial charge in [0.2, 0.25) is 0 Å². The van der Waals surface area contributed by atoms with Gasteiger partial charge in [-0.3, -0.25) is 4.68 Å². The monoisotopic (exact) mass is 143 g/mol. The molecule has 0 saturated carbocycles. The maximum atomic E-state index is 7.57. The van der Waals surface area contributed by atoms with Crippen LogP contribution in [-0.2, 0) is 6.50 Å². The summed E-state index contributed by atoms with van der Waals surface area (Å²) in [7, 11) is 0. The van der Waals surface area contributed by atoms with E-state index in [0.717, 1.165) is 4.68 Å². The first-order valence-corrected chi connectivity index (χ1v) is 3.22. The summed E-state index contributed by atoms with van der Waals surface area (Å²) in [5.74, 6) is 0.0323. The molecular weight excluding hydrogens is 124 g/mol. The molecule has 2 heteroatoms. The molecule has 1 aromatic heterocycles. The second-order valence-corrected chi connectivity index (χ2v) is 2.43. The Bertz CT molecular complexity index is 339. The van der Waals surface area contributed by atoms with Crippen LogP contribution in [0.15, 0.2) is 12.3 Å². The van der Waals surface area contributed by atoms with E-state index < -0.39 is 13.3 Å². The van der Waals surface area contributed by atoms with Gasteiger partial charge in [0.1, 0.15) is 0 Å². The minimum absolute atomic E-state index is 0.0323. The highest BCUT2D eigenvalue weighted by atomic mass is 15.3. The first-order valence-electron chi connectivity index (χ1n) is 5.72. The second kappa shape index (κ2) is 2.86. The molecule has 0 atom stereocenters. The van der Waals surface area contributed by atoms with E-state index in [1.807, 2.05) is 13.8 Å². The largest absolute Gasteiger partial charge is 0.270 e. The Morgan fingerprint density at radius 3 is 3.30 bits per heavy atom. The van der Waals surface area contributed by atoms with Crippen LogP contribution >= 0.6 is 0 Å². The van der Waals surface area contributed by atoms with Crippen LogP contribution in [0.4, 0.5) is 0 Å². The first-order chi connectivity index (χ1) is 6.68. The van der Waals surface area contributed by atoms with Gasteiger partial charge >= 0.3 is 0 Å². The van der Waals surface area contributed by atoms with Crippen LogP contribution in [0.2, 0.25) is 0 Å². The van der Waals surface area contributed by atoms with Crippen molar-refractivity contribution in [1.82, 2.24) is 9.78 Å². The summed E-state index contributed by atoms with van der Waals surface area (Å²) >= 11 is 0. The first kappa shape index (κ1) is 3.07. The zero-order valence-corrected chi connectivity index (χ0v) is 6.13. The summed E-state index contributed by atoms with van der Waals surface area (Å²) in [4.78, 5) is 0. The van der Waals surface area contributed by atoms with Crippen molar-refractivity contribution in [3.63, 3.8) is 0 Å². The van der Waals surface area contributed by atoms with Gasteiger partial charge in [0.25, 0.3) is 0 Å². The summed E-state index contributed by atoms with van der Waals surface area (Å²) in [5, 5.41) is 3.76. The molecule has 0 aromatic carbocycles. The van der Waals surface area contributed by atoms with E-state index in [1.165, 1.54) is 6.20 Å². The molecule has 56 valence electrons. The minimum Gasteiger partial charge on any atom is -0.270 e. The fourth-order valence-electron chi connectivity index (χ4n) is 0.844. The Morgan fingerprint density at radius 1 is 1.90 bits per heavy atom. The second-order valence-electron chi connectivity index (χ2n) is 2.43. The molecule has 0 bridgehead atoms. The standard InChI is InChI=1S/C8H14N2/c1-4-10-8(7(2)3)5-6-9-10/h5-7H,4H2,1-3H3/i1D3,4D2. The van der Waals surface area contributed by atoms with Crippen molar-refractivity contribution in [3.05, 3.63) is 18.0 Å². The lowest BCUT2D eigenvalue weighted by Crippen LogP contribution is -2.03. The summed E-state index contributed by atoms with van der Waals surface area (Å²) in [5.41, 5.74) is 0.580. The Labute approximate surface area is 68.9 Å². The summed E-state index contributed by atoms with van der Waals surface area (Å²) < 4.78 is 37.5. The van der Waals surface area contributed by atoms with Crippen molar-refractivity contribution in [2.24, 2.45) is 0 Å². The molecule has 0 aliphatic heterocycles. The highest BCUT2D eigenvalue weighted by molar-refractivity contribution is 5.04. The molecule has 1 heterocycles. The van der Waals surface area contributed by atoms with Gasteiger partial charge in [-0.1, -0.05) is 13.8 Å². The van der Waals surface area contributed by atoms with Crippen molar-refractivity contribution >= 4 is 0 Å². The van der Waals surface area contributed by atoms with Crippen LogP contribution in [0, 0.1) is 0 Å². The van der Waals surface area contributed by atoms with Gasteiger partial charge in [-0.25, -0.2) is 0 Å². The van der Waals surface area contributed by atoms with Crippen molar-refractivity contribution in [3.8, 4) is 0 Å². The van der Waals surface area contributed by atoms with Gasteiger partial charge in [0.15, 0.2) is 0 Å². The third-order valence-electron chi connectivity index (χ3n) is 1.37. The molecule has 1 aromatic rings. The molecule has 0 amide bonds. The molecule has 0 radical (unpaired) electrons. The molecule has 0 unspecified atom stereocenters. The molecule has 1 rings (SSSR count). The Balaban J connectivity index is 3.21. The van der Waals surface area contributed by atoms with Crippen molar-refractivity contribution < 1.29 is 6.85 Å². The summed E-state index contributed by atoms with van der Waals surface area (Å²) in [6.45, 7) is -1.45. The van der Waals surface area contributed by atoms with E-state index in [9.17, 15) is 0 Å². The number of nitrogens with zero attached hydrogens (tertiary/aromatic N) is 2. The van der Waals surface area contributed by atoms with Gasteiger partial charge in [-0.15, -0.1) is 0 Å². The fourth-order valence-corrected chi connectivity index (χ4v) is 0.844. The van der Waals surface area contributed by atoms with Crippen LogP contribution < -0.4 is 0 Å². The van der Waals surface area contributed by atoms with Gasteiger partial charge in [-0.05, 0) is 18.8 Å². The zero-order valence-electron chi connectivity index (χ0n) is 11.1. The Kier molecular flexibility index (Phi) is 0.880. The lowest BCUT2D eigenvalue weighted by molar-refractivity contribution is 0.598. The van der Waals surface area contributed by atoms with E-state index in [0.29, 0.717) is 5.69 Å². The Hall–Kier alpha value is -0.790. The van der Waals surface area contributed by atoms with Gasteiger partial charge < -0.3 is 0 Å². The molecule has 0 fully saturated rings. The van der Waals surface area contributed by atoms with Crippen LogP contribution in [-0.4, -0.2) is 9.78 Å². The number of rotatable bonds is 2. The molecule has 0 N–H and O–H groups in total. The maximum absolute atomic E-state index is 7.57. The number of hydrogen-bond donors (Lipinski definition) is 0. The normalized spacial score (nSPS) is 20.9. The van der Waals surface area contributed by atoms with Crippen LogP contribution in [0.3, 0.4) is 0 Å². The average molecular weight is 143 g/mol. The summed E-state index contributed by atoms with van der Waals surface area (Å²) in [6, 6.07) is 1.63. The molecule has 0 spiro atoms. The van der Waals surface area contributed by atoms with Gasteiger partial charge in [-0.2, -0.15) is 5.10 Å². The van der Waals surface area contributed by atoms with Gasteiger partial charge in [0.05, 0.1) is 2.74 Å². The highest BCUT2D eigenvalue weighted by Gasteiger charge is 2.03. The van der Waals surface area contributed by atoms with Gasteiger partial charge in [0, 0.05) is 22.5 Å². The van der Waals surface area contributed by atoms with E-state index in [4.69, 9.17) is 6.85 Å². The average Bonchev–Trinajstić information content (AvgIpc) is 2.48. The van der Waals surface area contributed by atoms with Crippen LogP contribution in [0.1, 0.15) is 39.2 Å². The third-order valence-corrected chi connectivity index (χ3v) is 1.37. The maximum Gasteiger partial charge on any atom is 0.0513 e. The SMILES string of the molecule is [2H]C([2H])([2H])C([2H])([2H])n1nccc1C(C)C. The third kappa shape index (κ3) is 1.20. The van der Waals surface area contributed by atoms with Crippen LogP contribution in [0.25, 0.3) is 0 Å².